The molecule has 0 fully saturated rings. The summed E-state index contributed by atoms with van der Waals surface area (Å²) in [4.78, 5) is 16.5. The lowest BCUT2D eigenvalue weighted by Gasteiger charge is -2.21. The smallest absolute Gasteiger partial charge is 0.233 e. The Morgan fingerprint density at radius 1 is 1.21 bits per heavy atom. The number of amides is 1. The predicted molar refractivity (Wildman–Crippen MR) is 98.6 cm³/mol. The Balaban J connectivity index is 1.87. The van der Waals surface area contributed by atoms with Crippen LogP contribution in [-0.4, -0.2) is 27.8 Å². The number of hydrogen-bond donors (Lipinski definition) is 2. The summed E-state index contributed by atoms with van der Waals surface area (Å²) in [5.41, 5.74) is 1.91. The summed E-state index contributed by atoms with van der Waals surface area (Å²) in [6, 6.07) is 13.7. The second-order valence-electron chi connectivity index (χ2n) is 6.01. The van der Waals surface area contributed by atoms with Crippen molar-refractivity contribution in [2.45, 2.75) is 31.0 Å². The molecule has 2 atom stereocenters. The lowest BCUT2D eigenvalue weighted by molar-refractivity contribution is -0.121. The first-order chi connectivity index (χ1) is 11.6. The summed E-state index contributed by atoms with van der Waals surface area (Å²) < 4.78 is 0. The molecule has 0 saturated heterocycles. The maximum Gasteiger partial charge on any atom is 0.233 e. The average molecular weight is 344 g/mol. The molecule has 0 bridgehead atoms. The van der Waals surface area contributed by atoms with Crippen molar-refractivity contribution in [2.24, 2.45) is 5.92 Å². The largest absolute Gasteiger partial charge is 0.387 e. The average Bonchev–Trinajstić information content (AvgIpc) is 2.61. The van der Waals surface area contributed by atoms with Crippen LogP contribution >= 0.6 is 11.8 Å². The van der Waals surface area contributed by atoms with Crippen molar-refractivity contribution in [3.05, 3.63) is 66.0 Å². The summed E-state index contributed by atoms with van der Waals surface area (Å²) in [5, 5.41) is 12.9. The molecule has 0 spiro atoms. The van der Waals surface area contributed by atoms with Crippen LogP contribution in [0.15, 0.2) is 54.9 Å². The highest BCUT2D eigenvalue weighted by Crippen LogP contribution is 2.24. The standard InChI is InChI=1S/C19H24N2O2S/c1-14(2)18(24-13-15-7-4-3-5-8-15)19(23)21-12-17(22)16-9-6-10-20-11-16/h3-11,14,17-18,22H,12-13H2,1-2H3,(H,21,23). The van der Waals surface area contributed by atoms with Crippen LogP contribution < -0.4 is 5.32 Å². The first-order valence-corrected chi connectivity index (χ1v) is 9.14. The third-order valence-corrected chi connectivity index (χ3v) is 5.29. The molecule has 2 rings (SSSR count). The van der Waals surface area contributed by atoms with Gasteiger partial charge in [-0.15, -0.1) is 11.8 Å². The molecule has 4 nitrogen and oxygen atoms in total. The maximum atomic E-state index is 12.5. The van der Waals surface area contributed by atoms with Gasteiger partial charge in [-0.25, -0.2) is 0 Å². The van der Waals surface area contributed by atoms with Gasteiger partial charge < -0.3 is 10.4 Å². The van der Waals surface area contributed by atoms with Gasteiger partial charge in [0.05, 0.1) is 11.4 Å². The third-order valence-electron chi connectivity index (χ3n) is 3.68. The van der Waals surface area contributed by atoms with Crippen LogP contribution in [0.2, 0.25) is 0 Å². The van der Waals surface area contributed by atoms with E-state index < -0.39 is 6.10 Å². The molecule has 1 aromatic carbocycles. The second-order valence-corrected chi connectivity index (χ2v) is 7.14. The van der Waals surface area contributed by atoms with E-state index in [0.29, 0.717) is 5.56 Å². The number of carbonyl (C=O) groups is 1. The van der Waals surface area contributed by atoms with E-state index in [1.807, 2.05) is 32.0 Å². The fourth-order valence-electron chi connectivity index (χ4n) is 2.32. The van der Waals surface area contributed by atoms with Gasteiger partial charge in [0, 0.05) is 30.3 Å². The van der Waals surface area contributed by atoms with Gasteiger partial charge in [-0.1, -0.05) is 50.2 Å². The van der Waals surface area contributed by atoms with Gasteiger partial charge in [-0.2, -0.15) is 0 Å². The molecular formula is C19H24N2O2S. The normalized spacial score (nSPS) is 13.5. The van der Waals surface area contributed by atoms with E-state index in [9.17, 15) is 9.90 Å². The molecule has 0 aliphatic rings. The number of thioether (sulfide) groups is 1. The second kappa shape index (κ2) is 9.45. The van der Waals surface area contributed by atoms with Gasteiger partial charge in [0.15, 0.2) is 0 Å². The Bertz CT molecular complexity index is 620. The third kappa shape index (κ3) is 5.65. The number of benzene rings is 1. The molecule has 24 heavy (non-hydrogen) atoms. The van der Waals surface area contributed by atoms with Crippen molar-refractivity contribution in [2.75, 3.05) is 6.54 Å². The lowest BCUT2D eigenvalue weighted by Crippen LogP contribution is -2.38. The lowest BCUT2D eigenvalue weighted by atomic mass is 10.1. The number of pyridine rings is 1. The van der Waals surface area contributed by atoms with Crippen molar-refractivity contribution in [3.8, 4) is 0 Å². The van der Waals surface area contributed by atoms with Crippen molar-refractivity contribution in [3.63, 3.8) is 0 Å². The van der Waals surface area contributed by atoms with E-state index in [1.54, 1.807) is 36.3 Å². The van der Waals surface area contributed by atoms with E-state index in [2.05, 4.69) is 22.4 Å². The fraction of sp³-hybridized carbons (Fsp3) is 0.368. The van der Waals surface area contributed by atoms with Crippen LogP contribution in [0, 0.1) is 5.92 Å². The first kappa shape index (κ1) is 18.5. The Hall–Kier alpha value is -1.85. The van der Waals surface area contributed by atoms with Crippen molar-refractivity contribution >= 4 is 17.7 Å². The number of rotatable bonds is 8. The molecule has 0 radical (unpaired) electrons. The van der Waals surface area contributed by atoms with Gasteiger partial charge in [0.25, 0.3) is 0 Å². The molecule has 0 saturated carbocycles. The number of aromatic nitrogens is 1. The van der Waals surface area contributed by atoms with Gasteiger partial charge in [0.2, 0.25) is 5.91 Å². The highest BCUT2D eigenvalue weighted by molar-refractivity contribution is 7.99. The molecule has 128 valence electrons. The minimum atomic E-state index is -0.741. The van der Waals surface area contributed by atoms with Crippen molar-refractivity contribution in [1.82, 2.24) is 10.3 Å². The number of aliphatic hydroxyl groups excluding tert-OH is 1. The zero-order valence-corrected chi connectivity index (χ0v) is 14.9. The summed E-state index contributed by atoms with van der Waals surface area (Å²) in [6.07, 6.45) is 2.53. The number of nitrogens with zero attached hydrogens (tertiary/aromatic N) is 1. The van der Waals surface area contributed by atoms with Gasteiger partial charge in [-0.3, -0.25) is 9.78 Å². The predicted octanol–water partition coefficient (Wildman–Crippen LogP) is 3.19. The summed E-state index contributed by atoms with van der Waals surface area (Å²) >= 11 is 1.63. The van der Waals surface area contributed by atoms with Crippen LogP contribution in [0.25, 0.3) is 0 Å². The van der Waals surface area contributed by atoms with Crippen LogP contribution in [0.1, 0.15) is 31.1 Å². The Kier molecular flexibility index (Phi) is 7.28. The molecule has 2 aromatic rings. The molecule has 0 aliphatic heterocycles. The molecule has 1 aromatic heterocycles. The van der Waals surface area contributed by atoms with Gasteiger partial charge in [0.1, 0.15) is 0 Å². The van der Waals surface area contributed by atoms with Crippen LogP contribution in [0.4, 0.5) is 0 Å². The molecule has 5 heteroatoms. The number of hydrogen-bond acceptors (Lipinski definition) is 4. The first-order valence-electron chi connectivity index (χ1n) is 8.09. The summed E-state index contributed by atoms with van der Waals surface area (Å²) in [5.74, 6) is 0.977. The van der Waals surface area contributed by atoms with Gasteiger partial charge >= 0.3 is 0 Å². The molecular weight excluding hydrogens is 320 g/mol. The SMILES string of the molecule is CC(C)C(SCc1ccccc1)C(=O)NCC(O)c1cccnc1. The molecule has 1 heterocycles. The number of carbonyl (C=O) groups excluding carboxylic acids is 1. The quantitative estimate of drug-likeness (QED) is 0.772. The van der Waals surface area contributed by atoms with Crippen molar-refractivity contribution in [1.29, 1.82) is 0 Å². The van der Waals surface area contributed by atoms with E-state index in [1.165, 1.54) is 5.56 Å². The minimum Gasteiger partial charge on any atom is -0.387 e. The van der Waals surface area contributed by atoms with Gasteiger partial charge in [-0.05, 0) is 17.5 Å². The number of nitrogens with one attached hydrogen (secondary N) is 1. The summed E-state index contributed by atoms with van der Waals surface area (Å²) in [6.45, 7) is 4.28. The maximum absolute atomic E-state index is 12.5. The molecule has 2 N–H and O–H groups in total. The molecule has 0 aliphatic carbocycles. The number of aliphatic hydroxyl groups is 1. The molecule has 1 amide bonds. The fourth-order valence-corrected chi connectivity index (χ4v) is 3.50. The zero-order valence-electron chi connectivity index (χ0n) is 14.1. The molecule has 2 unspecified atom stereocenters. The van der Waals surface area contributed by atoms with E-state index in [4.69, 9.17) is 0 Å². The van der Waals surface area contributed by atoms with Crippen LogP contribution in [0.3, 0.4) is 0 Å². The van der Waals surface area contributed by atoms with E-state index >= 15 is 0 Å². The highest BCUT2D eigenvalue weighted by atomic mass is 32.2. The van der Waals surface area contributed by atoms with E-state index in [0.717, 1.165) is 5.75 Å². The zero-order chi connectivity index (χ0) is 17.4. The van der Waals surface area contributed by atoms with Crippen molar-refractivity contribution < 1.29 is 9.90 Å². The van der Waals surface area contributed by atoms with Crippen LogP contribution in [-0.2, 0) is 10.5 Å². The Labute approximate surface area is 147 Å². The minimum absolute atomic E-state index is 0.0335. The Morgan fingerprint density at radius 2 is 1.96 bits per heavy atom. The highest BCUT2D eigenvalue weighted by Gasteiger charge is 2.23. The van der Waals surface area contributed by atoms with E-state index in [-0.39, 0.29) is 23.6 Å². The topological polar surface area (TPSA) is 62.2 Å². The Morgan fingerprint density at radius 3 is 2.58 bits per heavy atom. The monoisotopic (exact) mass is 344 g/mol. The summed E-state index contributed by atoms with van der Waals surface area (Å²) in [7, 11) is 0. The van der Waals surface area contributed by atoms with Crippen LogP contribution in [0.5, 0.6) is 0 Å².